The number of carboxylic acid groups (broad SMARTS) is 1. The second-order valence-corrected chi connectivity index (χ2v) is 7.31. The molecule has 0 fully saturated rings. The van der Waals surface area contributed by atoms with Crippen LogP contribution in [0.25, 0.3) is 0 Å². The summed E-state index contributed by atoms with van der Waals surface area (Å²) in [5, 5.41) is 11.3. The maximum Gasteiger partial charge on any atom is 0.329 e. The third-order valence-electron chi connectivity index (χ3n) is 4.55. The number of nitrogens with one attached hydrogen (secondary N) is 1. The lowest BCUT2D eigenvalue weighted by atomic mass is 10.1. The maximum atomic E-state index is 11.7. The SMILES string of the molecule is CCCCCCCCCCCCCC(=O)NCCOCCOCCOCC(=O)O. The Hall–Kier alpha value is -1.18. The highest BCUT2D eigenvalue weighted by atomic mass is 16.5. The zero-order valence-corrected chi connectivity index (χ0v) is 18.4. The van der Waals surface area contributed by atoms with Crippen molar-refractivity contribution in [2.45, 2.75) is 84.0 Å². The van der Waals surface area contributed by atoms with Gasteiger partial charge in [0.1, 0.15) is 6.61 Å². The van der Waals surface area contributed by atoms with Gasteiger partial charge in [0.2, 0.25) is 5.91 Å². The number of aliphatic carboxylic acids is 1. The van der Waals surface area contributed by atoms with Crippen LogP contribution in [-0.4, -0.2) is 63.2 Å². The first kappa shape index (κ1) is 27.8. The van der Waals surface area contributed by atoms with Gasteiger partial charge in [0.15, 0.2) is 0 Å². The number of carbonyl (C=O) groups excluding carboxylic acids is 1. The molecule has 0 spiro atoms. The van der Waals surface area contributed by atoms with Gasteiger partial charge in [0.05, 0.1) is 33.0 Å². The van der Waals surface area contributed by atoms with Crippen molar-refractivity contribution in [2.24, 2.45) is 0 Å². The molecular weight excluding hydrogens is 374 g/mol. The molecule has 0 bridgehead atoms. The van der Waals surface area contributed by atoms with Crippen LogP contribution in [-0.2, 0) is 23.8 Å². The van der Waals surface area contributed by atoms with E-state index in [0.717, 1.165) is 12.8 Å². The fraction of sp³-hybridized carbons (Fsp3) is 0.909. The molecule has 0 rings (SSSR count). The molecule has 0 atom stereocenters. The lowest BCUT2D eigenvalue weighted by molar-refractivity contribution is -0.142. The molecule has 1 amide bonds. The van der Waals surface area contributed by atoms with Gasteiger partial charge in [-0.15, -0.1) is 0 Å². The summed E-state index contributed by atoms with van der Waals surface area (Å²) in [6.45, 7) is 4.36. The molecule has 29 heavy (non-hydrogen) atoms. The summed E-state index contributed by atoms with van der Waals surface area (Å²) < 4.78 is 15.4. The first-order chi connectivity index (χ1) is 14.2. The molecule has 0 aliphatic rings. The van der Waals surface area contributed by atoms with Crippen LogP contribution in [0.2, 0.25) is 0 Å². The van der Waals surface area contributed by atoms with Gasteiger partial charge >= 0.3 is 5.97 Å². The summed E-state index contributed by atoms with van der Waals surface area (Å²) in [7, 11) is 0. The minimum atomic E-state index is -0.987. The van der Waals surface area contributed by atoms with Gasteiger partial charge in [-0.1, -0.05) is 71.1 Å². The lowest BCUT2D eigenvalue weighted by Crippen LogP contribution is -2.27. The monoisotopic (exact) mass is 417 g/mol. The number of hydrogen-bond acceptors (Lipinski definition) is 5. The van der Waals surface area contributed by atoms with Gasteiger partial charge in [-0.05, 0) is 6.42 Å². The van der Waals surface area contributed by atoms with E-state index in [-0.39, 0.29) is 19.1 Å². The quantitative estimate of drug-likeness (QED) is 0.245. The average molecular weight is 418 g/mol. The van der Waals surface area contributed by atoms with Gasteiger partial charge in [0, 0.05) is 13.0 Å². The van der Waals surface area contributed by atoms with Crippen molar-refractivity contribution in [2.75, 3.05) is 46.2 Å². The Morgan fingerprint density at radius 1 is 0.690 bits per heavy atom. The molecule has 0 aliphatic carbocycles. The molecule has 0 aromatic heterocycles. The van der Waals surface area contributed by atoms with E-state index in [1.807, 2.05) is 0 Å². The highest BCUT2D eigenvalue weighted by molar-refractivity contribution is 5.75. The smallest absolute Gasteiger partial charge is 0.329 e. The minimum Gasteiger partial charge on any atom is -0.480 e. The predicted octanol–water partition coefficient (Wildman–Crippen LogP) is 3.94. The van der Waals surface area contributed by atoms with Gasteiger partial charge in [-0.25, -0.2) is 4.79 Å². The third kappa shape index (κ3) is 24.8. The molecule has 7 heteroatoms. The Morgan fingerprint density at radius 2 is 1.17 bits per heavy atom. The van der Waals surface area contributed by atoms with Gasteiger partial charge in [-0.3, -0.25) is 4.79 Å². The van der Waals surface area contributed by atoms with Crippen LogP contribution < -0.4 is 5.32 Å². The third-order valence-corrected chi connectivity index (χ3v) is 4.55. The highest BCUT2D eigenvalue weighted by Crippen LogP contribution is 2.11. The molecule has 0 unspecified atom stereocenters. The van der Waals surface area contributed by atoms with Crippen LogP contribution in [0.1, 0.15) is 84.0 Å². The zero-order valence-electron chi connectivity index (χ0n) is 18.4. The Labute approximate surface area is 176 Å². The number of carboxylic acids is 1. The largest absolute Gasteiger partial charge is 0.480 e. The van der Waals surface area contributed by atoms with Crippen molar-refractivity contribution in [3.8, 4) is 0 Å². The molecule has 0 saturated heterocycles. The van der Waals surface area contributed by atoms with Crippen molar-refractivity contribution in [3.63, 3.8) is 0 Å². The van der Waals surface area contributed by atoms with Crippen LogP contribution in [0.15, 0.2) is 0 Å². The first-order valence-electron chi connectivity index (χ1n) is 11.4. The van der Waals surface area contributed by atoms with Crippen LogP contribution >= 0.6 is 0 Å². The Morgan fingerprint density at radius 3 is 1.72 bits per heavy atom. The van der Waals surface area contributed by atoms with E-state index < -0.39 is 5.97 Å². The molecule has 0 heterocycles. The Kier molecular flexibility index (Phi) is 22.2. The molecule has 0 aromatic carbocycles. The van der Waals surface area contributed by atoms with Gasteiger partial charge < -0.3 is 24.6 Å². The van der Waals surface area contributed by atoms with Crippen molar-refractivity contribution < 1.29 is 28.9 Å². The van der Waals surface area contributed by atoms with E-state index in [4.69, 9.17) is 19.3 Å². The standard InChI is InChI=1S/C22H43NO6/c1-2-3-4-5-6-7-8-9-10-11-12-13-21(24)23-14-15-27-16-17-28-18-19-29-20-22(25)26/h2-20H2,1H3,(H,23,24)(H,25,26). The summed E-state index contributed by atoms with van der Waals surface area (Å²) in [4.78, 5) is 22.0. The van der Waals surface area contributed by atoms with Gasteiger partial charge in [-0.2, -0.15) is 0 Å². The number of amides is 1. The van der Waals surface area contributed by atoms with Gasteiger partial charge in [0.25, 0.3) is 0 Å². The topological polar surface area (TPSA) is 94.1 Å². The Balaban J connectivity index is 3.16. The zero-order chi connectivity index (χ0) is 21.4. The number of ether oxygens (including phenoxy) is 3. The summed E-state index contributed by atoms with van der Waals surface area (Å²) in [6.07, 6.45) is 14.7. The van der Waals surface area contributed by atoms with Crippen LogP contribution in [0.4, 0.5) is 0 Å². The number of carbonyl (C=O) groups is 2. The molecule has 7 nitrogen and oxygen atoms in total. The van der Waals surface area contributed by atoms with E-state index in [1.165, 1.54) is 57.8 Å². The first-order valence-corrected chi connectivity index (χ1v) is 11.4. The van der Waals surface area contributed by atoms with E-state index in [9.17, 15) is 9.59 Å². The maximum absolute atomic E-state index is 11.7. The number of unbranched alkanes of at least 4 members (excludes halogenated alkanes) is 10. The normalized spacial score (nSPS) is 10.9. The molecule has 172 valence electrons. The van der Waals surface area contributed by atoms with Crippen molar-refractivity contribution >= 4 is 11.9 Å². The molecule has 0 radical (unpaired) electrons. The van der Waals surface area contributed by atoms with Crippen molar-refractivity contribution in [3.05, 3.63) is 0 Å². The second-order valence-electron chi connectivity index (χ2n) is 7.31. The Bertz CT molecular complexity index is 378. The average Bonchev–Trinajstić information content (AvgIpc) is 2.70. The summed E-state index contributed by atoms with van der Waals surface area (Å²) in [5.74, 6) is -0.893. The van der Waals surface area contributed by atoms with E-state index in [2.05, 4.69) is 12.2 Å². The van der Waals surface area contributed by atoms with Crippen molar-refractivity contribution in [1.29, 1.82) is 0 Å². The van der Waals surface area contributed by atoms with E-state index in [1.54, 1.807) is 0 Å². The molecule has 0 saturated carbocycles. The summed E-state index contributed by atoms with van der Waals surface area (Å²) in [6, 6.07) is 0. The number of hydrogen-bond donors (Lipinski definition) is 2. The van der Waals surface area contributed by atoms with Crippen LogP contribution in [0.3, 0.4) is 0 Å². The molecule has 0 aliphatic heterocycles. The lowest BCUT2D eigenvalue weighted by Gasteiger charge is -2.07. The summed E-state index contributed by atoms with van der Waals surface area (Å²) in [5.41, 5.74) is 0. The molecular formula is C22H43NO6. The highest BCUT2D eigenvalue weighted by Gasteiger charge is 2.01. The fourth-order valence-corrected chi connectivity index (χ4v) is 2.90. The minimum absolute atomic E-state index is 0.0938. The summed E-state index contributed by atoms with van der Waals surface area (Å²) >= 11 is 0. The number of rotatable bonds is 23. The molecule has 0 aromatic rings. The van der Waals surface area contributed by atoms with Crippen LogP contribution in [0.5, 0.6) is 0 Å². The fourth-order valence-electron chi connectivity index (χ4n) is 2.90. The van der Waals surface area contributed by atoms with E-state index >= 15 is 0 Å². The second kappa shape index (κ2) is 23.1. The van der Waals surface area contributed by atoms with Crippen molar-refractivity contribution in [1.82, 2.24) is 5.32 Å². The van der Waals surface area contributed by atoms with E-state index in [0.29, 0.717) is 39.4 Å². The van der Waals surface area contributed by atoms with Crippen LogP contribution in [0, 0.1) is 0 Å². The molecule has 2 N–H and O–H groups in total. The predicted molar refractivity (Wildman–Crippen MR) is 114 cm³/mol.